The van der Waals surface area contributed by atoms with E-state index in [-0.39, 0.29) is 5.57 Å². The highest BCUT2D eigenvalue weighted by Gasteiger charge is 2.41. The summed E-state index contributed by atoms with van der Waals surface area (Å²) in [4.78, 5) is 30.2. The average Bonchev–Trinajstić information content (AvgIpc) is 2.86. The molecule has 0 saturated carbocycles. The van der Waals surface area contributed by atoms with Gasteiger partial charge in [0.1, 0.15) is 5.54 Å². The molecule has 0 heterocycles. The molecule has 0 bridgehead atoms. The first kappa shape index (κ1) is 22.7. The number of carbonyl (C=O) groups excluding carboxylic acids is 2. The van der Waals surface area contributed by atoms with Gasteiger partial charge in [0.05, 0.1) is 19.8 Å². The van der Waals surface area contributed by atoms with Crippen LogP contribution in [0.1, 0.15) is 16.7 Å². The van der Waals surface area contributed by atoms with Crippen molar-refractivity contribution in [2.45, 2.75) is 12.0 Å². The number of rotatable bonds is 8. The zero-order valence-electron chi connectivity index (χ0n) is 18.1. The molecule has 0 aliphatic carbocycles. The van der Waals surface area contributed by atoms with E-state index in [2.05, 4.69) is 0 Å². The maximum absolute atomic E-state index is 13.0. The first-order chi connectivity index (χ1) is 15.6. The van der Waals surface area contributed by atoms with Crippen molar-refractivity contribution in [1.82, 2.24) is 0 Å². The maximum atomic E-state index is 13.0. The van der Waals surface area contributed by atoms with Crippen molar-refractivity contribution in [2.75, 3.05) is 14.2 Å². The Balaban J connectivity index is 2.30. The van der Waals surface area contributed by atoms with Crippen LogP contribution in [0, 0.1) is 0 Å². The Morgan fingerprint density at radius 1 is 0.812 bits per heavy atom. The van der Waals surface area contributed by atoms with Gasteiger partial charge in [-0.25, -0.2) is 9.59 Å². The predicted molar refractivity (Wildman–Crippen MR) is 124 cm³/mol. The lowest BCUT2D eigenvalue weighted by Gasteiger charge is -2.32. The third-order valence-electron chi connectivity index (χ3n) is 5.10. The lowest BCUT2D eigenvalue weighted by atomic mass is 9.77. The molecular weight excluding hydrogens is 402 g/mol. The molecule has 5 nitrogen and oxygen atoms in total. The second kappa shape index (κ2) is 10.9. The third kappa shape index (κ3) is 5.38. The van der Waals surface area contributed by atoms with Gasteiger partial charge in [0.2, 0.25) is 0 Å². The summed E-state index contributed by atoms with van der Waals surface area (Å²) in [5, 5.41) is 0. The number of esters is 2. The first-order valence-electron chi connectivity index (χ1n) is 10.2. The Morgan fingerprint density at radius 3 is 1.94 bits per heavy atom. The van der Waals surface area contributed by atoms with Gasteiger partial charge in [-0.05, 0) is 16.7 Å². The number of hydrogen-bond donors (Lipinski definition) is 0. The summed E-state index contributed by atoms with van der Waals surface area (Å²) in [6, 6.07) is 28.7. The summed E-state index contributed by atoms with van der Waals surface area (Å²) >= 11 is 0. The largest absolute Gasteiger partial charge is 0.466 e. The molecule has 5 heteroatoms. The molecule has 162 valence electrons. The molecule has 0 saturated heterocycles. The van der Waals surface area contributed by atoms with Gasteiger partial charge in [-0.15, -0.1) is 0 Å². The molecule has 0 fully saturated rings. The quantitative estimate of drug-likeness (QED) is 0.301. The summed E-state index contributed by atoms with van der Waals surface area (Å²) in [7, 11) is 2.55. The maximum Gasteiger partial charge on any atom is 0.336 e. The SMILES string of the molecule is COC(=O)/C=C(/C(=O)OC)C(Cc1ccccc1)(N=Cc1ccccc1)c1ccccc1. The zero-order chi connectivity index (χ0) is 22.8. The second-order valence-electron chi connectivity index (χ2n) is 7.13. The van der Waals surface area contributed by atoms with Crippen LogP contribution in [-0.2, 0) is 31.0 Å². The Labute approximate surface area is 188 Å². The average molecular weight is 428 g/mol. The predicted octanol–water partition coefficient (Wildman–Crippen LogP) is 4.52. The number of nitrogens with zero attached hydrogens (tertiary/aromatic N) is 1. The van der Waals surface area contributed by atoms with Crippen LogP contribution in [0.15, 0.2) is 108 Å². The monoisotopic (exact) mass is 427 g/mol. The van der Waals surface area contributed by atoms with Crippen LogP contribution in [0.3, 0.4) is 0 Å². The zero-order valence-corrected chi connectivity index (χ0v) is 18.1. The van der Waals surface area contributed by atoms with Gasteiger partial charge < -0.3 is 9.47 Å². The standard InChI is InChI=1S/C27H25NO4/c1-31-25(29)18-24(26(30)32-2)27(23-16-10-5-11-17-23,19-21-12-6-3-7-13-21)28-20-22-14-8-4-9-15-22/h3-18,20H,19H2,1-2H3/b24-18-,28-20?. The molecule has 0 N–H and O–H groups in total. The van der Waals surface area contributed by atoms with Crippen molar-refractivity contribution in [3.63, 3.8) is 0 Å². The van der Waals surface area contributed by atoms with Gasteiger partial charge >= 0.3 is 11.9 Å². The number of benzene rings is 3. The van der Waals surface area contributed by atoms with E-state index < -0.39 is 17.5 Å². The van der Waals surface area contributed by atoms with E-state index in [0.29, 0.717) is 6.42 Å². The first-order valence-corrected chi connectivity index (χ1v) is 10.2. The molecule has 0 aliphatic heterocycles. The molecule has 32 heavy (non-hydrogen) atoms. The molecule has 0 aromatic heterocycles. The Hall–Kier alpha value is -3.99. The van der Waals surface area contributed by atoms with Gasteiger partial charge in [-0.2, -0.15) is 0 Å². The van der Waals surface area contributed by atoms with Crippen molar-refractivity contribution in [1.29, 1.82) is 0 Å². The van der Waals surface area contributed by atoms with Gasteiger partial charge in [0.15, 0.2) is 0 Å². The minimum Gasteiger partial charge on any atom is -0.466 e. The van der Waals surface area contributed by atoms with E-state index in [9.17, 15) is 9.59 Å². The fourth-order valence-corrected chi connectivity index (χ4v) is 3.51. The molecular formula is C27H25NO4. The normalized spacial score (nSPS) is 13.4. The van der Waals surface area contributed by atoms with Crippen LogP contribution in [0.4, 0.5) is 0 Å². The Morgan fingerprint density at radius 2 is 1.38 bits per heavy atom. The molecule has 0 aliphatic rings. The molecule has 3 rings (SSSR count). The van der Waals surface area contributed by atoms with Crippen molar-refractivity contribution >= 4 is 18.2 Å². The molecule has 1 unspecified atom stereocenters. The summed E-state index contributed by atoms with van der Waals surface area (Å²) in [6.07, 6.45) is 3.22. The smallest absolute Gasteiger partial charge is 0.336 e. The van der Waals surface area contributed by atoms with E-state index in [1.807, 2.05) is 91.0 Å². The van der Waals surface area contributed by atoms with E-state index in [0.717, 1.165) is 16.7 Å². The summed E-state index contributed by atoms with van der Waals surface area (Å²) < 4.78 is 9.93. The van der Waals surface area contributed by atoms with Crippen LogP contribution < -0.4 is 0 Å². The Kier molecular flexibility index (Phi) is 7.70. The van der Waals surface area contributed by atoms with Crippen molar-refractivity contribution < 1.29 is 19.1 Å². The minimum atomic E-state index is -1.22. The lowest BCUT2D eigenvalue weighted by Crippen LogP contribution is -2.35. The third-order valence-corrected chi connectivity index (χ3v) is 5.10. The van der Waals surface area contributed by atoms with Gasteiger partial charge in [-0.3, -0.25) is 4.99 Å². The highest BCUT2D eigenvalue weighted by Crippen LogP contribution is 2.38. The van der Waals surface area contributed by atoms with Crippen molar-refractivity contribution in [2.24, 2.45) is 4.99 Å². The van der Waals surface area contributed by atoms with E-state index >= 15 is 0 Å². The van der Waals surface area contributed by atoms with Crippen LogP contribution in [0.5, 0.6) is 0 Å². The van der Waals surface area contributed by atoms with E-state index in [4.69, 9.17) is 14.5 Å². The highest BCUT2D eigenvalue weighted by atomic mass is 16.5. The van der Waals surface area contributed by atoms with Crippen LogP contribution in [-0.4, -0.2) is 32.4 Å². The van der Waals surface area contributed by atoms with Crippen LogP contribution in [0.25, 0.3) is 0 Å². The van der Waals surface area contributed by atoms with Crippen LogP contribution in [0.2, 0.25) is 0 Å². The molecule has 3 aromatic rings. The van der Waals surface area contributed by atoms with Crippen LogP contribution >= 0.6 is 0 Å². The van der Waals surface area contributed by atoms with Gasteiger partial charge in [-0.1, -0.05) is 91.0 Å². The number of ether oxygens (including phenoxy) is 2. The number of carbonyl (C=O) groups is 2. The van der Waals surface area contributed by atoms with Gasteiger partial charge in [0, 0.05) is 18.7 Å². The van der Waals surface area contributed by atoms with Crippen molar-refractivity contribution in [3.8, 4) is 0 Å². The summed E-state index contributed by atoms with van der Waals surface area (Å²) in [5.41, 5.74) is 1.43. The van der Waals surface area contributed by atoms with Crippen molar-refractivity contribution in [3.05, 3.63) is 119 Å². The number of hydrogen-bond acceptors (Lipinski definition) is 5. The molecule has 1 atom stereocenters. The number of methoxy groups -OCH3 is 2. The topological polar surface area (TPSA) is 65.0 Å². The highest BCUT2D eigenvalue weighted by molar-refractivity contribution is 5.99. The summed E-state index contributed by atoms with van der Waals surface area (Å²) in [5.74, 6) is -1.31. The molecule has 0 spiro atoms. The molecule has 3 aromatic carbocycles. The minimum absolute atomic E-state index is 0.0917. The molecule has 0 radical (unpaired) electrons. The summed E-state index contributed by atoms with van der Waals surface area (Å²) in [6.45, 7) is 0. The molecule has 0 amide bonds. The van der Waals surface area contributed by atoms with E-state index in [1.54, 1.807) is 6.21 Å². The fourth-order valence-electron chi connectivity index (χ4n) is 3.51. The second-order valence-corrected chi connectivity index (χ2v) is 7.13. The fraction of sp³-hybridized carbons (Fsp3) is 0.148. The number of aliphatic imine (C=N–C) groups is 1. The Bertz CT molecular complexity index is 1090. The lowest BCUT2D eigenvalue weighted by molar-refractivity contribution is -0.139. The van der Waals surface area contributed by atoms with E-state index in [1.165, 1.54) is 20.3 Å². The van der Waals surface area contributed by atoms with Gasteiger partial charge in [0.25, 0.3) is 0 Å².